The average Bonchev–Trinajstić information content (AvgIpc) is 3.10. The molecule has 1 amide bonds. The number of amides is 1. The Morgan fingerprint density at radius 1 is 1.27 bits per heavy atom. The van der Waals surface area contributed by atoms with Crippen molar-refractivity contribution in [2.24, 2.45) is 5.92 Å². The summed E-state index contributed by atoms with van der Waals surface area (Å²) in [5, 5.41) is 3.33. The second-order valence-corrected chi connectivity index (χ2v) is 6.56. The summed E-state index contributed by atoms with van der Waals surface area (Å²) in [6, 6.07) is 8.54. The molecule has 2 saturated heterocycles. The molecule has 4 heteroatoms. The number of nitrogens with zero attached hydrogens (tertiary/aromatic N) is 2. The number of carbonyl (C=O) groups excluding carboxylic acids is 1. The lowest BCUT2D eigenvalue weighted by atomic mass is 9.98. The van der Waals surface area contributed by atoms with E-state index in [1.54, 1.807) is 0 Å². The highest BCUT2D eigenvalue weighted by Gasteiger charge is 2.25. The van der Waals surface area contributed by atoms with Crippen LogP contribution in [-0.2, 0) is 11.3 Å². The number of para-hydroxylation sites is 1. The van der Waals surface area contributed by atoms with Gasteiger partial charge in [-0.25, -0.2) is 0 Å². The highest BCUT2D eigenvalue weighted by atomic mass is 16.2. The fourth-order valence-corrected chi connectivity index (χ4v) is 3.62. The third-order valence-electron chi connectivity index (χ3n) is 4.87. The van der Waals surface area contributed by atoms with Crippen LogP contribution in [0.5, 0.6) is 0 Å². The Labute approximate surface area is 133 Å². The van der Waals surface area contributed by atoms with Crippen LogP contribution in [0.4, 0.5) is 5.69 Å². The summed E-state index contributed by atoms with van der Waals surface area (Å²) < 4.78 is 0. The third-order valence-corrected chi connectivity index (χ3v) is 4.87. The van der Waals surface area contributed by atoms with E-state index in [0.717, 1.165) is 39.0 Å². The van der Waals surface area contributed by atoms with E-state index in [1.807, 2.05) is 11.9 Å². The van der Waals surface area contributed by atoms with Crippen LogP contribution in [-0.4, -0.2) is 44.0 Å². The smallest absolute Gasteiger partial charge is 0.227 e. The normalized spacial score (nSPS) is 21.9. The quantitative estimate of drug-likeness (QED) is 0.926. The monoisotopic (exact) mass is 301 g/mol. The minimum Gasteiger partial charge on any atom is -0.371 e. The van der Waals surface area contributed by atoms with Crippen molar-refractivity contribution in [3.05, 3.63) is 29.8 Å². The van der Waals surface area contributed by atoms with Crippen LogP contribution in [0, 0.1) is 5.92 Å². The van der Waals surface area contributed by atoms with Crippen molar-refractivity contribution in [2.75, 3.05) is 38.1 Å². The summed E-state index contributed by atoms with van der Waals surface area (Å²) >= 11 is 0. The van der Waals surface area contributed by atoms with E-state index in [9.17, 15) is 4.79 Å². The molecule has 0 unspecified atom stereocenters. The van der Waals surface area contributed by atoms with Gasteiger partial charge in [-0.2, -0.15) is 0 Å². The van der Waals surface area contributed by atoms with Crippen molar-refractivity contribution in [1.29, 1.82) is 0 Å². The van der Waals surface area contributed by atoms with Gasteiger partial charge in [-0.15, -0.1) is 0 Å². The van der Waals surface area contributed by atoms with Crippen LogP contribution in [0.2, 0.25) is 0 Å². The van der Waals surface area contributed by atoms with Crippen LogP contribution in [0.3, 0.4) is 0 Å². The van der Waals surface area contributed by atoms with E-state index in [1.165, 1.54) is 24.1 Å². The first kappa shape index (κ1) is 15.3. The van der Waals surface area contributed by atoms with E-state index in [2.05, 4.69) is 34.5 Å². The SMILES string of the molecule is CN(Cc1ccccc1N1CCCC1)C(=O)[C@H]1CCCNC1. The molecule has 0 saturated carbocycles. The maximum Gasteiger partial charge on any atom is 0.227 e. The van der Waals surface area contributed by atoms with Gasteiger partial charge in [0.25, 0.3) is 0 Å². The third kappa shape index (κ3) is 3.43. The summed E-state index contributed by atoms with van der Waals surface area (Å²) in [4.78, 5) is 17.0. The van der Waals surface area contributed by atoms with Crippen LogP contribution < -0.4 is 10.2 Å². The largest absolute Gasteiger partial charge is 0.371 e. The van der Waals surface area contributed by atoms with Crippen LogP contribution in [0.25, 0.3) is 0 Å². The summed E-state index contributed by atoms with van der Waals surface area (Å²) in [7, 11) is 1.94. The molecular weight excluding hydrogens is 274 g/mol. The first-order valence-corrected chi connectivity index (χ1v) is 8.54. The Morgan fingerprint density at radius 3 is 2.77 bits per heavy atom. The average molecular weight is 301 g/mol. The van der Waals surface area contributed by atoms with Crippen LogP contribution in [0.15, 0.2) is 24.3 Å². The standard InChI is InChI=1S/C18H27N3O/c1-20(18(22)15-8-6-10-19-13-15)14-16-7-2-3-9-17(16)21-11-4-5-12-21/h2-3,7,9,15,19H,4-6,8,10-14H2,1H3/t15-/m0/s1. The first-order valence-electron chi connectivity index (χ1n) is 8.54. The zero-order valence-electron chi connectivity index (χ0n) is 13.6. The number of rotatable bonds is 4. The van der Waals surface area contributed by atoms with E-state index >= 15 is 0 Å². The lowest BCUT2D eigenvalue weighted by Crippen LogP contribution is -2.41. The molecule has 0 spiro atoms. The second kappa shape index (κ2) is 7.14. The van der Waals surface area contributed by atoms with E-state index < -0.39 is 0 Å². The van der Waals surface area contributed by atoms with Gasteiger partial charge in [-0.3, -0.25) is 4.79 Å². The fourth-order valence-electron chi connectivity index (χ4n) is 3.62. The summed E-state index contributed by atoms with van der Waals surface area (Å²) in [6.45, 7) is 4.87. The topological polar surface area (TPSA) is 35.6 Å². The number of carbonyl (C=O) groups is 1. The zero-order valence-corrected chi connectivity index (χ0v) is 13.6. The van der Waals surface area contributed by atoms with Crippen molar-refractivity contribution in [3.8, 4) is 0 Å². The molecule has 4 nitrogen and oxygen atoms in total. The molecule has 3 rings (SSSR count). The number of hydrogen-bond acceptors (Lipinski definition) is 3. The Morgan fingerprint density at radius 2 is 2.05 bits per heavy atom. The van der Waals surface area contributed by atoms with Gasteiger partial charge in [0.15, 0.2) is 0 Å². The maximum absolute atomic E-state index is 12.6. The van der Waals surface area contributed by atoms with Gasteiger partial charge >= 0.3 is 0 Å². The second-order valence-electron chi connectivity index (χ2n) is 6.56. The Balaban J connectivity index is 1.68. The van der Waals surface area contributed by atoms with E-state index in [-0.39, 0.29) is 11.8 Å². The summed E-state index contributed by atoms with van der Waals surface area (Å²) in [5.41, 5.74) is 2.57. The maximum atomic E-state index is 12.6. The van der Waals surface area contributed by atoms with Gasteiger partial charge in [-0.05, 0) is 43.9 Å². The predicted octanol–water partition coefficient (Wildman–Crippen LogP) is 2.24. The summed E-state index contributed by atoms with van der Waals surface area (Å²) in [6.07, 6.45) is 4.67. The number of anilines is 1. The lowest BCUT2D eigenvalue weighted by molar-refractivity contribution is -0.135. The molecule has 0 aliphatic carbocycles. The molecule has 0 bridgehead atoms. The first-order chi connectivity index (χ1) is 10.8. The number of nitrogens with one attached hydrogen (secondary N) is 1. The highest BCUT2D eigenvalue weighted by molar-refractivity contribution is 5.79. The predicted molar refractivity (Wildman–Crippen MR) is 90.0 cm³/mol. The fraction of sp³-hybridized carbons (Fsp3) is 0.611. The van der Waals surface area contributed by atoms with Gasteiger partial charge < -0.3 is 15.1 Å². The van der Waals surface area contributed by atoms with E-state index in [0.29, 0.717) is 6.54 Å². The Kier molecular flexibility index (Phi) is 4.98. The molecule has 2 fully saturated rings. The van der Waals surface area contributed by atoms with Crippen LogP contribution in [0.1, 0.15) is 31.2 Å². The Bertz CT molecular complexity index is 505. The highest BCUT2D eigenvalue weighted by Crippen LogP contribution is 2.26. The van der Waals surface area contributed by atoms with Gasteiger partial charge in [0.2, 0.25) is 5.91 Å². The van der Waals surface area contributed by atoms with Gasteiger partial charge in [-0.1, -0.05) is 18.2 Å². The number of piperidine rings is 1. The lowest BCUT2D eigenvalue weighted by Gasteiger charge is -2.29. The zero-order chi connectivity index (χ0) is 15.4. The van der Waals surface area contributed by atoms with Crippen molar-refractivity contribution < 1.29 is 4.79 Å². The molecule has 120 valence electrons. The van der Waals surface area contributed by atoms with Crippen molar-refractivity contribution in [2.45, 2.75) is 32.2 Å². The molecule has 1 aromatic rings. The minimum atomic E-state index is 0.151. The van der Waals surface area contributed by atoms with Crippen molar-refractivity contribution in [1.82, 2.24) is 10.2 Å². The van der Waals surface area contributed by atoms with E-state index in [4.69, 9.17) is 0 Å². The van der Waals surface area contributed by atoms with Crippen LogP contribution >= 0.6 is 0 Å². The molecule has 2 aliphatic rings. The molecule has 0 aromatic heterocycles. The molecule has 2 heterocycles. The number of hydrogen-bond donors (Lipinski definition) is 1. The molecule has 1 atom stereocenters. The Hall–Kier alpha value is -1.55. The van der Waals surface area contributed by atoms with Crippen molar-refractivity contribution in [3.63, 3.8) is 0 Å². The molecule has 0 radical (unpaired) electrons. The van der Waals surface area contributed by atoms with Gasteiger partial charge in [0.05, 0.1) is 5.92 Å². The molecular formula is C18H27N3O. The van der Waals surface area contributed by atoms with Gasteiger partial charge in [0.1, 0.15) is 0 Å². The minimum absolute atomic E-state index is 0.151. The number of benzene rings is 1. The van der Waals surface area contributed by atoms with Gasteiger partial charge in [0, 0.05) is 38.9 Å². The summed E-state index contributed by atoms with van der Waals surface area (Å²) in [5.74, 6) is 0.432. The van der Waals surface area contributed by atoms with Crippen molar-refractivity contribution >= 4 is 11.6 Å². The molecule has 2 aliphatic heterocycles. The molecule has 22 heavy (non-hydrogen) atoms. The molecule has 1 aromatic carbocycles. The molecule has 1 N–H and O–H groups in total.